The fourth-order valence-electron chi connectivity index (χ4n) is 1.01. The second-order valence-corrected chi connectivity index (χ2v) is 3.18. The van der Waals surface area contributed by atoms with Gasteiger partial charge in [0.25, 0.3) is 0 Å². The van der Waals surface area contributed by atoms with E-state index >= 15 is 0 Å². The first kappa shape index (κ1) is 11.5. The molecule has 0 saturated carbocycles. The molecule has 0 heterocycles. The van der Waals surface area contributed by atoms with Crippen molar-refractivity contribution in [2.45, 2.75) is 6.92 Å². The maximum Gasteiger partial charge on any atom is 0.338 e. The monoisotopic (exact) mass is 231 g/mol. The molecule has 6 heteroatoms. The molecule has 1 aromatic rings. The molecule has 0 aliphatic rings. The SMILES string of the molecule is CC(=O)Nc1c(Cl)ccc(C(=O)O)c1F. The molecule has 1 rings (SSSR count). The number of rotatable bonds is 2. The maximum absolute atomic E-state index is 13.5. The first-order valence-corrected chi connectivity index (χ1v) is 4.30. The summed E-state index contributed by atoms with van der Waals surface area (Å²) in [4.78, 5) is 21.3. The van der Waals surface area contributed by atoms with Crippen LogP contribution in [0.2, 0.25) is 5.02 Å². The molecule has 0 spiro atoms. The van der Waals surface area contributed by atoms with Crippen LogP contribution in [0, 0.1) is 5.82 Å². The number of carbonyl (C=O) groups is 2. The molecule has 0 fully saturated rings. The van der Waals surface area contributed by atoms with Gasteiger partial charge in [-0.15, -0.1) is 0 Å². The highest BCUT2D eigenvalue weighted by atomic mass is 35.5. The Morgan fingerprint density at radius 2 is 2.07 bits per heavy atom. The van der Waals surface area contributed by atoms with E-state index in [0.717, 1.165) is 6.07 Å². The number of carboxylic acid groups (broad SMARTS) is 1. The van der Waals surface area contributed by atoms with E-state index in [0.29, 0.717) is 0 Å². The van der Waals surface area contributed by atoms with E-state index < -0.39 is 23.3 Å². The predicted molar refractivity (Wildman–Crippen MR) is 52.7 cm³/mol. The number of carbonyl (C=O) groups excluding carboxylic acids is 1. The summed E-state index contributed by atoms with van der Waals surface area (Å²) in [5.41, 5.74) is -0.854. The lowest BCUT2D eigenvalue weighted by Gasteiger charge is -2.07. The summed E-state index contributed by atoms with van der Waals surface area (Å²) in [5.74, 6) is -3.00. The van der Waals surface area contributed by atoms with E-state index in [-0.39, 0.29) is 10.7 Å². The van der Waals surface area contributed by atoms with Gasteiger partial charge in [-0.05, 0) is 12.1 Å². The summed E-state index contributed by atoms with van der Waals surface area (Å²) in [6.07, 6.45) is 0. The summed E-state index contributed by atoms with van der Waals surface area (Å²) in [5, 5.41) is 10.7. The molecular weight excluding hydrogens is 225 g/mol. The van der Waals surface area contributed by atoms with Crippen molar-refractivity contribution in [3.05, 3.63) is 28.5 Å². The number of aromatic carboxylic acids is 1. The fourth-order valence-corrected chi connectivity index (χ4v) is 1.20. The average molecular weight is 232 g/mol. The van der Waals surface area contributed by atoms with Crippen molar-refractivity contribution in [1.82, 2.24) is 0 Å². The van der Waals surface area contributed by atoms with Gasteiger partial charge < -0.3 is 10.4 Å². The summed E-state index contributed by atoms with van der Waals surface area (Å²) < 4.78 is 13.5. The Balaban J connectivity index is 3.29. The van der Waals surface area contributed by atoms with Gasteiger partial charge in [-0.25, -0.2) is 9.18 Å². The molecule has 0 saturated heterocycles. The zero-order valence-corrected chi connectivity index (χ0v) is 8.43. The minimum atomic E-state index is -1.42. The van der Waals surface area contributed by atoms with Gasteiger partial charge in [-0.1, -0.05) is 11.6 Å². The van der Waals surface area contributed by atoms with Crippen molar-refractivity contribution in [3.8, 4) is 0 Å². The van der Waals surface area contributed by atoms with Gasteiger partial charge in [0.2, 0.25) is 5.91 Å². The van der Waals surface area contributed by atoms with Gasteiger partial charge >= 0.3 is 5.97 Å². The van der Waals surface area contributed by atoms with Crippen LogP contribution in [0.3, 0.4) is 0 Å². The van der Waals surface area contributed by atoms with Gasteiger partial charge in [0.15, 0.2) is 5.82 Å². The lowest BCUT2D eigenvalue weighted by molar-refractivity contribution is -0.114. The van der Waals surface area contributed by atoms with Gasteiger partial charge in [-0.2, -0.15) is 0 Å². The van der Waals surface area contributed by atoms with Crippen LogP contribution in [0.4, 0.5) is 10.1 Å². The average Bonchev–Trinajstić information content (AvgIpc) is 2.11. The summed E-state index contributed by atoms with van der Waals surface area (Å²) in [7, 11) is 0. The Kier molecular flexibility index (Phi) is 3.26. The molecule has 0 bridgehead atoms. The van der Waals surface area contributed by atoms with E-state index in [1.807, 2.05) is 0 Å². The number of nitrogens with one attached hydrogen (secondary N) is 1. The van der Waals surface area contributed by atoms with E-state index in [4.69, 9.17) is 16.7 Å². The second-order valence-electron chi connectivity index (χ2n) is 2.77. The van der Waals surface area contributed by atoms with Crippen molar-refractivity contribution >= 4 is 29.2 Å². The zero-order chi connectivity index (χ0) is 11.6. The number of halogens is 2. The number of benzene rings is 1. The smallest absolute Gasteiger partial charge is 0.338 e. The number of anilines is 1. The van der Waals surface area contributed by atoms with Crippen LogP contribution in [0.15, 0.2) is 12.1 Å². The van der Waals surface area contributed by atoms with E-state index in [9.17, 15) is 14.0 Å². The molecule has 0 radical (unpaired) electrons. The zero-order valence-electron chi connectivity index (χ0n) is 7.67. The molecule has 0 aromatic heterocycles. The van der Waals surface area contributed by atoms with E-state index in [1.165, 1.54) is 13.0 Å². The van der Waals surface area contributed by atoms with Gasteiger partial charge in [0.1, 0.15) is 0 Å². The van der Waals surface area contributed by atoms with Crippen LogP contribution in [-0.2, 0) is 4.79 Å². The fraction of sp³-hybridized carbons (Fsp3) is 0.111. The Bertz CT molecular complexity index is 434. The number of hydrogen-bond donors (Lipinski definition) is 2. The minimum absolute atomic E-state index is 0.0484. The van der Waals surface area contributed by atoms with Crippen LogP contribution in [0.5, 0.6) is 0 Å². The second kappa shape index (κ2) is 4.27. The van der Waals surface area contributed by atoms with E-state index in [2.05, 4.69) is 5.32 Å². The molecule has 4 nitrogen and oxygen atoms in total. The molecule has 2 N–H and O–H groups in total. The molecule has 1 amide bonds. The van der Waals surface area contributed by atoms with Crippen molar-refractivity contribution in [2.24, 2.45) is 0 Å². The molecule has 15 heavy (non-hydrogen) atoms. The highest BCUT2D eigenvalue weighted by Crippen LogP contribution is 2.27. The minimum Gasteiger partial charge on any atom is -0.478 e. The van der Waals surface area contributed by atoms with Crippen LogP contribution in [0.1, 0.15) is 17.3 Å². The van der Waals surface area contributed by atoms with Crippen LogP contribution in [0.25, 0.3) is 0 Å². The summed E-state index contributed by atoms with van der Waals surface area (Å²) in [6.45, 7) is 1.17. The normalized spacial score (nSPS) is 9.80. The van der Waals surface area contributed by atoms with Crippen LogP contribution >= 0.6 is 11.6 Å². The Labute approximate surface area is 89.7 Å². The lowest BCUT2D eigenvalue weighted by atomic mass is 10.2. The lowest BCUT2D eigenvalue weighted by Crippen LogP contribution is -2.11. The third-order valence-electron chi connectivity index (χ3n) is 1.62. The maximum atomic E-state index is 13.5. The predicted octanol–water partition coefficient (Wildman–Crippen LogP) is 2.14. The van der Waals surface area contributed by atoms with Crippen LogP contribution < -0.4 is 5.32 Å². The molecule has 0 aliphatic carbocycles. The Hall–Kier alpha value is -1.62. The van der Waals surface area contributed by atoms with Crippen molar-refractivity contribution in [1.29, 1.82) is 0 Å². The summed E-state index contributed by atoms with van der Waals surface area (Å²) in [6, 6.07) is 2.24. The van der Waals surface area contributed by atoms with Crippen molar-refractivity contribution < 1.29 is 19.1 Å². The number of carboxylic acids is 1. The van der Waals surface area contributed by atoms with Crippen molar-refractivity contribution in [3.63, 3.8) is 0 Å². The first-order chi connectivity index (χ1) is 6.93. The molecule has 0 aliphatic heterocycles. The quantitative estimate of drug-likeness (QED) is 0.820. The van der Waals surface area contributed by atoms with E-state index in [1.54, 1.807) is 0 Å². The third-order valence-corrected chi connectivity index (χ3v) is 1.94. The number of hydrogen-bond acceptors (Lipinski definition) is 2. The molecule has 0 atom stereocenters. The molecular formula is C9H7ClFNO3. The van der Waals surface area contributed by atoms with Gasteiger partial charge in [0, 0.05) is 6.92 Å². The third kappa shape index (κ3) is 2.44. The largest absolute Gasteiger partial charge is 0.478 e. The first-order valence-electron chi connectivity index (χ1n) is 3.92. The standard InChI is InChI=1S/C9H7ClFNO3/c1-4(13)12-8-6(10)3-2-5(7(8)11)9(14)15/h2-3H,1H3,(H,12,13)(H,14,15). The van der Waals surface area contributed by atoms with Crippen molar-refractivity contribution in [2.75, 3.05) is 5.32 Å². The molecule has 1 aromatic carbocycles. The topological polar surface area (TPSA) is 66.4 Å². The Morgan fingerprint density at radius 1 is 1.47 bits per heavy atom. The summed E-state index contributed by atoms with van der Waals surface area (Å²) >= 11 is 5.60. The highest BCUT2D eigenvalue weighted by Gasteiger charge is 2.17. The molecule has 80 valence electrons. The molecule has 0 unspecified atom stereocenters. The highest BCUT2D eigenvalue weighted by molar-refractivity contribution is 6.33. The van der Waals surface area contributed by atoms with Gasteiger partial charge in [0.05, 0.1) is 16.3 Å². The number of amides is 1. The van der Waals surface area contributed by atoms with Gasteiger partial charge in [-0.3, -0.25) is 4.79 Å². The van der Waals surface area contributed by atoms with Crippen LogP contribution in [-0.4, -0.2) is 17.0 Å². The Morgan fingerprint density at radius 3 is 2.53 bits per heavy atom.